The number of carbonyl (C=O) groups excluding carboxylic acids is 1. The molecular weight excluding hydrogens is 372 g/mol. The number of hydrogen-bond donors (Lipinski definition) is 0. The molecular formula is C27H36O3. The maximum absolute atomic E-state index is 12.4. The van der Waals surface area contributed by atoms with Crippen molar-refractivity contribution in [2.45, 2.75) is 77.6 Å². The van der Waals surface area contributed by atoms with Gasteiger partial charge in [0.15, 0.2) is 0 Å². The summed E-state index contributed by atoms with van der Waals surface area (Å²) in [6.45, 7) is 2.92. The number of esters is 1. The van der Waals surface area contributed by atoms with E-state index in [4.69, 9.17) is 9.47 Å². The summed E-state index contributed by atoms with van der Waals surface area (Å²) in [5, 5.41) is 0. The highest BCUT2D eigenvalue weighted by atomic mass is 16.5. The fraction of sp³-hybridized carbons (Fsp3) is 0.519. The summed E-state index contributed by atoms with van der Waals surface area (Å²) in [6, 6.07) is 15.2. The standard InChI is InChI=1S/C27H36O3/c1-2-3-4-8-21-29-25-19-15-24(16-20-25)27(28)30-26-17-13-23(14-18-26)12-11-22-9-6-5-7-10-22/h13-20,22H,2-12,21H2,1H3. The van der Waals surface area contributed by atoms with Gasteiger partial charge in [0.2, 0.25) is 0 Å². The van der Waals surface area contributed by atoms with E-state index in [0.717, 1.165) is 31.1 Å². The topological polar surface area (TPSA) is 35.5 Å². The molecule has 0 bridgehead atoms. The molecule has 1 aliphatic carbocycles. The molecule has 3 heteroatoms. The van der Waals surface area contributed by atoms with Crippen molar-refractivity contribution in [3.63, 3.8) is 0 Å². The predicted octanol–water partition coefficient (Wildman–Crippen LogP) is 7.38. The molecule has 0 N–H and O–H groups in total. The quantitative estimate of drug-likeness (QED) is 0.221. The fourth-order valence-electron chi connectivity index (χ4n) is 4.14. The minimum absolute atomic E-state index is 0.334. The molecule has 0 spiro atoms. The van der Waals surface area contributed by atoms with Gasteiger partial charge in [0, 0.05) is 0 Å². The largest absolute Gasteiger partial charge is 0.494 e. The van der Waals surface area contributed by atoms with Crippen LogP contribution >= 0.6 is 0 Å². The van der Waals surface area contributed by atoms with Crippen LogP contribution in [0, 0.1) is 5.92 Å². The van der Waals surface area contributed by atoms with Crippen LogP contribution in [-0.2, 0) is 6.42 Å². The average Bonchev–Trinajstić information content (AvgIpc) is 2.79. The van der Waals surface area contributed by atoms with Crippen LogP contribution in [0.4, 0.5) is 0 Å². The van der Waals surface area contributed by atoms with Gasteiger partial charge in [-0.1, -0.05) is 70.4 Å². The molecule has 2 aromatic rings. The van der Waals surface area contributed by atoms with Crippen LogP contribution in [-0.4, -0.2) is 12.6 Å². The molecule has 1 aliphatic rings. The lowest BCUT2D eigenvalue weighted by molar-refractivity contribution is 0.0734. The maximum atomic E-state index is 12.4. The maximum Gasteiger partial charge on any atom is 0.343 e. The number of hydrogen-bond acceptors (Lipinski definition) is 3. The van der Waals surface area contributed by atoms with Gasteiger partial charge in [0.1, 0.15) is 11.5 Å². The summed E-state index contributed by atoms with van der Waals surface area (Å²) in [7, 11) is 0. The van der Waals surface area contributed by atoms with Crippen molar-refractivity contribution < 1.29 is 14.3 Å². The van der Waals surface area contributed by atoms with Gasteiger partial charge in [-0.05, 0) is 67.1 Å². The van der Waals surface area contributed by atoms with E-state index >= 15 is 0 Å². The monoisotopic (exact) mass is 408 g/mol. The van der Waals surface area contributed by atoms with Gasteiger partial charge in [-0.25, -0.2) is 4.79 Å². The van der Waals surface area contributed by atoms with Crippen molar-refractivity contribution in [3.8, 4) is 11.5 Å². The lowest BCUT2D eigenvalue weighted by atomic mass is 9.85. The van der Waals surface area contributed by atoms with E-state index in [1.807, 2.05) is 24.3 Å². The number of carbonyl (C=O) groups is 1. The number of rotatable bonds is 11. The first kappa shape index (κ1) is 22.4. The molecule has 2 aromatic carbocycles. The van der Waals surface area contributed by atoms with Crippen LogP contribution in [0.2, 0.25) is 0 Å². The lowest BCUT2D eigenvalue weighted by Gasteiger charge is -2.21. The normalized spacial score (nSPS) is 14.4. The number of ether oxygens (including phenoxy) is 2. The van der Waals surface area contributed by atoms with Gasteiger partial charge >= 0.3 is 5.97 Å². The Morgan fingerprint density at radius 2 is 1.57 bits per heavy atom. The highest BCUT2D eigenvalue weighted by Gasteiger charge is 2.13. The van der Waals surface area contributed by atoms with Gasteiger partial charge in [0.25, 0.3) is 0 Å². The van der Waals surface area contributed by atoms with Gasteiger partial charge in [-0.15, -0.1) is 0 Å². The molecule has 1 fully saturated rings. The Morgan fingerprint density at radius 3 is 2.27 bits per heavy atom. The molecule has 0 saturated heterocycles. The molecule has 3 nitrogen and oxygen atoms in total. The van der Waals surface area contributed by atoms with Crippen LogP contribution in [0.15, 0.2) is 48.5 Å². The molecule has 30 heavy (non-hydrogen) atoms. The molecule has 0 radical (unpaired) electrons. The van der Waals surface area contributed by atoms with Crippen molar-refractivity contribution >= 4 is 5.97 Å². The molecule has 3 rings (SSSR count). The van der Waals surface area contributed by atoms with Gasteiger partial charge in [-0.2, -0.15) is 0 Å². The van der Waals surface area contributed by atoms with Crippen LogP contribution < -0.4 is 9.47 Å². The van der Waals surface area contributed by atoms with Crippen molar-refractivity contribution in [1.29, 1.82) is 0 Å². The third kappa shape index (κ3) is 7.51. The van der Waals surface area contributed by atoms with E-state index in [2.05, 4.69) is 19.1 Å². The van der Waals surface area contributed by atoms with Crippen molar-refractivity contribution in [3.05, 3.63) is 59.7 Å². The van der Waals surface area contributed by atoms with Gasteiger partial charge in [-0.3, -0.25) is 0 Å². The highest BCUT2D eigenvalue weighted by molar-refractivity contribution is 5.91. The number of benzene rings is 2. The van der Waals surface area contributed by atoms with Crippen molar-refractivity contribution in [2.75, 3.05) is 6.61 Å². The summed E-state index contributed by atoms with van der Waals surface area (Å²) in [4.78, 5) is 12.4. The molecule has 0 amide bonds. The van der Waals surface area contributed by atoms with Gasteiger partial charge in [0.05, 0.1) is 12.2 Å². The highest BCUT2D eigenvalue weighted by Crippen LogP contribution is 2.28. The molecule has 1 saturated carbocycles. The zero-order valence-corrected chi connectivity index (χ0v) is 18.4. The molecule has 0 aliphatic heterocycles. The zero-order chi connectivity index (χ0) is 21.0. The Balaban J connectivity index is 1.42. The van der Waals surface area contributed by atoms with E-state index < -0.39 is 0 Å². The molecule has 0 unspecified atom stereocenters. The first-order chi connectivity index (χ1) is 14.7. The first-order valence-corrected chi connectivity index (χ1v) is 11.8. The third-order valence-corrected chi connectivity index (χ3v) is 6.06. The Hall–Kier alpha value is -2.29. The molecule has 162 valence electrons. The summed E-state index contributed by atoms with van der Waals surface area (Å²) in [6.07, 6.45) is 14.1. The number of unbranched alkanes of at least 4 members (excludes halogenated alkanes) is 3. The summed E-state index contributed by atoms with van der Waals surface area (Å²) < 4.78 is 11.3. The summed E-state index contributed by atoms with van der Waals surface area (Å²) in [5.74, 6) is 1.95. The summed E-state index contributed by atoms with van der Waals surface area (Å²) in [5.41, 5.74) is 1.86. The number of aryl methyl sites for hydroxylation is 1. The zero-order valence-electron chi connectivity index (χ0n) is 18.4. The average molecular weight is 409 g/mol. The van der Waals surface area contributed by atoms with E-state index in [1.54, 1.807) is 12.1 Å². The van der Waals surface area contributed by atoms with Gasteiger partial charge < -0.3 is 9.47 Å². The van der Waals surface area contributed by atoms with Crippen molar-refractivity contribution in [1.82, 2.24) is 0 Å². The Kier molecular flexibility index (Phi) is 9.27. The molecule has 0 heterocycles. The van der Waals surface area contributed by atoms with Crippen molar-refractivity contribution in [2.24, 2.45) is 5.92 Å². The second-order valence-electron chi connectivity index (χ2n) is 8.51. The van der Waals surface area contributed by atoms with Crippen LogP contribution in [0.3, 0.4) is 0 Å². The first-order valence-electron chi connectivity index (χ1n) is 11.8. The molecule has 0 atom stereocenters. The van der Waals surface area contributed by atoms with Crippen LogP contribution in [0.5, 0.6) is 11.5 Å². The predicted molar refractivity (Wildman–Crippen MR) is 122 cm³/mol. The lowest BCUT2D eigenvalue weighted by Crippen LogP contribution is -2.09. The second-order valence-corrected chi connectivity index (χ2v) is 8.51. The minimum Gasteiger partial charge on any atom is -0.494 e. The minimum atomic E-state index is -0.334. The SMILES string of the molecule is CCCCCCOc1ccc(C(=O)Oc2ccc(CCC3CCCCC3)cc2)cc1. The smallest absolute Gasteiger partial charge is 0.343 e. The van der Waals surface area contributed by atoms with Crippen LogP contribution in [0.25, 0.3) is 0 Å². The Morgan fingerprint density at radius 1 is 0.867 bits per heavy atom. The van der Waals surface area contributed by atoms with E-state index in [1.165, 1.54) is 63.4 Å². The van der Waals surface area contributed by atoms with E-state index in [-0.39, 0.29) is 5.97 Å². The van der Waals surface area contributed by atoms with Crippen LogP contribution in [0.1, 0.15) is 87.1 Å². The fourth-order valence-corrected chi connectivity index (χ4v) is 4.14. The molecule has 0 aromatic heterocycles. The summed E-state index contributed by atoms with van der Waals surface area (Å²) >= 11 is 0. The third-order valence-electron chi connectivity index (χ3n) is 6.06. The second kappa shape index (κ2) is 12.4. The van der Waals surface area contributed by atoms with E-state index in [0.29, 0.717) is 11.3 Å². The van der Waals surface area contributed by atoms with E-state index in [9.17, 15) is 4.79 Å². The Labute approximate surface area is 181 Å². The Bertz CT molecular complexity index is 743.